The second-order valence-corrected chi connectivity index (χ2v) is 10.2. The van der Waals surface area contributed by atoms with Crippen molar-refractivity contribution in [2.45, 2.75) is 31.3 Å². The number of anilines is 2. The van der Waals surface area contributed by atoms with Gasteiger partial charge in [0.15, 0.2) is 34.2 Å². The molecule has 42 heavy (non-hydrogen) atoms. The third kappa shape index (κ3) is 9.78. The fraction of sp³-hybridized carbons (Fsp3) is 0.296. The molecule has 0 aliphatic carbocycles. The second-order valence-electron chi connectivity index (χ2n) is 9.39. The minimum Gasteiger partial charge on any atom is -0.385 e. The number of carbonyl (C=O) groups is 2. The number of benzene rings is 2. The molecule has 2 heterocycles. The topological polar surface area (TPSA) is 200 Å². The molecule has 11 nitrogen and oxygen atoms in total. The number of guanidine groups is 1. The monoisotopic (exact) mass is 640 g/mol. The molecule has 226 valence electrons. The Labute approximate surface area is 258 Å². The number of likely N-dealkylation sites (tertiary alicyclic amines) is 1. The summed E-state index contributed by atoms with van der Waals surface area (Å²) in [7, 11) is 0. The summed E-state index contributed by atoms with van der Waals surface area (Å²) in [5, 5.41) is 11.4. The van der Waals surface area contributed by atoms with Gasteiger partial charge in [-0.3, -0.25) is 9.59 Å². The Balaban J connectivity index is 0.000000330. The molecule has 0 radical (unpaired) electrons. The number of halogens is 4. The predicted octanol–water partition coefficient (Wildman–Crippen LogP) is 3.56. The fourth-order valence-corrected chi connectivity index (χ4v) is 4.46. The smallest absolute Gasteiger partial charge is 0.302 e. The van der Waals surface area contributed by atoms with E-state index < -0.39 is 17.5 Å². The quantitative estimate of drug-likeness (QED) is 0.144. The van der Waals surface area contributed by atoms with Crippen LogP contribution in [-0.2, 0) is 5.60 Å². The SMILES string of the molecule is Cl.NC(N)=NC(=O)c1nc(Cl)c(N)nc1N.O=C(CCCN1CCC(O)(c2ccc(Cl)cc2)CC1)c1ccc(F)cc1. The van der Waals surface area contributed by atoms with Crippen molar-refractivity contribution in [1.82, 2.24) is 14.9 Å². The summed E-state index contributed by atoms with van der Waals surface area (Å²) in [5.41, 5.74) is 21.1. The van der Waals surface area contributed by atoms with Gasteiger partial charge in [0.2, 0.25) is 0 Å². The summed E-state index contributed by atoms with van der Waals surface area (Å²) in [5.74, 6) is -1.79. The molecule has 0 saturated carbocycles. The Hall–Kier alpha value is -3.55. The lowest BCUT2D eigenvalue weighted by Gasteiger charge is -2.38. The van der Waals surface area contributed by atoms with E-state index in [-0.39, 0.29) is 46.5 Å². The lowest BCUT2D eigenvalue weighted by atomic mass is 9.84. The van der Waals surface area contributed by atoms with E-state index in [0.717, 1.165) is 31.6 Å². The molecule has 1 aliphatic heterocycles. The van der Waals surface area contributed by atoms with Gasteiger partial charge in [0, 0.05) is 30.1 Å². The number of piperidine rings is 1. The molecule has 1 aromatic heterocycles. The summed E-state index contributed by atoms with van der Waals surface area (Å²) in [6.07, 6.45) is 2.54. The van der Waals surface area contributed by atoms with E-state index in [9.17, 15) is 19.1 Å². The number of ketones is 1. The molecule has 1 saturated heterocycles. The highest BCUT2D eigenvalue weighted by molar-refractivity contribution is 6.31. The number of carbonyl (C=O) groups excluding carboxylic acids is 2. The van der Waals surface area contributed by atoms with Crippen LogP contribution in [0.25, 0.3) is 0 Å². The van der Waals surface area contributed by atoms with Crippen molar-refractivity contribution in [2.24, 2.45) is 16.5 Å². The van der Waals surface area contributed by atoms with Crippen LogP contribution in [0.1, 0.15) is 52.1 Å². The number of nitrogens with zero attached hydrogens (tertiary/aromatic N) is 4. The fourth-order valence-electron chi connectivity index (χ4n) is 4.21. The van der Waals surface area contributed by atoms with Gasteiger partial charge in [-0.1, -0.05) is 35.3 Å². The molecular formula is C27H32Cl3FN8O3. The van der Waals surface area contributed by atoms with Crippen LogP contribution in [0, 0.1) is 5.82 Å². The van der Waals surface area contributed by atoms with Gasteiger partial charge < -0.3 is 32.9 Å². The van der Waals surface area contributed by atoms with Gasteiger partial charge in [-0.15, -0.1) is 12.4 Å². The molecule has 15 heteroatoms. The molecule has 9 N–H and O–H groups in total. The molecule has 0 unspecified atom stereocenters. The normalized spacial score (nSPS) is 14.1. The Kier molecular flexibility index (Phi) is 12.9. The molecule has 1 aliphatic rings. The van der Waals surface area contributed by atoms with E-state index >= 15 is 0 Å². The van der Waals surface area contributed by atoms with E-state index in [2.05, 4.69) is 19.9 Å². The highest BCUT2D eigenvalue weighted by Crippen LogP contribution is 2.33. The van der Waals surface area contributed by atoms with E-state index in [1.165, 1.54) is 24.3 Å². The van der Waals surface area contributed by atoms with Crippen LogP contribution in [-0.4, -0.2) is 57.3 Å². The van der Waals surface area contributed by atoms with E-state index in [1.807, 2.05) is 24.3 Å². The van der Waals surface area contributed by atoms with Crippen LogP contribution < -0.4 is 22.9 Å². The first-order valence-electron chi connectivity index (χ1n) is 12.6. The second kappa shape index (κ2) is 15.6. The summed E-state index contributed by atoms with van der Waals surface area (Å²) in [4.78, 5) is 36.1. The standard InChI is InChI=1S/C21H23ClFNO2.C6H8ClN7O.ClH/c22-18-7-5-17(6-8-18)21(26)11-14-24(15-12-21)13-1-2-20(25)16-3-9-19(23)10-4-16;7-2-4(9)13-3(8)1(12-2)5(15)14-6(10)11;/h3-10,26H,1-2,11-15H2;(H4,8,9,13)(H4,10,11,14,15);1H. The summed E-state index contributed by atoms with van der Waals surface area (Å²) >= 11 is 11.5. The van der Waals surface area contributed by atoms with Crippen molar-refractivity contribution < 1.29 is 19.1 Å². The minimum absolute atomic E-state index is 0. The molecule has 3 aromatic rings. The van der Waals surface area contributed by atoms with Crippen LogP contribution in [0.2, 0.25) is 10.2 Å². The molecule has 1 amide bonds. The highest BCUT2D eigenvalue weighted by atomic mass is 35.5. The molecule has 4 rings (SSSR count). The number of aliphatic hydroxyl groups is 1. The van der Waals surface area contributed by atoms with Crippen LogP contribution in [0.5, 0.6) is 0 Å². The van der Waals surface area contributed by atoms with Crippen molar-refractivity contribution >= 4 is 64.9 Å². The van der Waals surface area contributed by atoms with Gasteiger partial charge in [0.25, 0.3) is 0 Å². The van der Waals surface area contributed by atoms with Crippen LogP contribution in [0.4, 0.5) is 16.0 Å². The number of aliphatic imine (C=N–C) groups is 1. The Morgan fingerprint density at radius 1 is 0.976 bits per heavy atom. The number of aromatic nitrogens is 2. The van der Waals surface area contributed by atoms with Crippen LogP contribution in [0.15, 0.2) is 53.5 Å². The number of amides is 1. The lowest BCUT2D eigenvalue weighted by molar-refractivity contribution is -0.0260. The van der Waals surface area contributed by atoms with Crippen molar-refractivity contribution in [3.63, 3.8) is 0 Å². The highest BCUT2D eigenvalue weighted by Gasteiger charge is 2.33. The largest absolute Gasteiger partial charge is 0.385 e. The average molecular weight is 642 g/mol. The number of rotatable bonds is 7. The number of hydrogen-bond acceptors (Lipinski definition) is 8. The third-order valence-corrected chi connectivity index (χ3v) is 6.98. The molecule has 0 atom stereocenters. The predicted molar refractivity (Wildman–Crippen MR) is 164 cm³/mol. The molecular weight excluding hydrogens is 610 g/mol. The summed E-state index contributed by atoms with van der Waals surface area (Å²) in [6, 6.07) is 13.1. The van der Waals surface area contributed by atoms with Gasteiger partial charge in [-0.25, -0.2) is 14.4 Å². The number of nitrogen functional groups attached to an aromatic ring is 2. The van der Waals surface area contributed by atoms with Crippen LogP contribution >= 0.6 is 35.6 Å². The zero-order valence-electron chi connectivity index (χ0n) is 22.5. The number of Topliss-reactive ketones (excluding diaryl/α,β-unsaturated/α-hetero) is 1. The summed E-state index contributed by atoms with van der Waals surface area (Å²) < 4.78 is 12.9. The third-order valence-electron chi connectivity index (χ3n) is 6.45. The van der Waals surface area contributed by atoms with Gasteiger partial charge in [-0.2, -0.15) is 4.99 Å². The first kappa shape index (κ1) is 34.7. The van der Waals surface area contributed by atoms with Crippen molar-refractivity contribution in [3.8, 4) is 0 Å². The molecule has 0 bridgehead atoms. The maximum atomic E-state index is 12.9. The average Bonchev–Trinajstić information content (AvgIpc) is 2.92. The van der Waals surface area contributed by atoms with E-state index in [0.29, 0.717) is 29.8 Å². The first-order chi connectivity index (χ1) is 19.4. The van der Waals surface area contributed by atoms with Gasteiger partial charge in [-0.05, 0) is 67.8 Å². The Bertz CT molecular complexity index is 1400. The zero-order valence-corrected chi connectivity index (χ0v) is 24.8. The Morgan fingerprint density at radius 2 is 1.57 bits per heavy atom. The number of hydrogen-bond donors (Lipinski definition) is 5. The molecule has 2 aromatic carbocycles. The minimum atomic E-state index is -0.832. The van der Waals surface area contributed by atoms with Gasteiger partial charge in [0.05, 0.1) is 5.60 Å². The molecule has 1 fully saturated rings. The van der Waals surface area contributed by atoms with Crippen molar-refractivity contribution in [1.29, 1.82) is 0 Å². The zero-order chi connectivity index (χ0) is 30.2. The van der Waals surface area contributed by atoms with Gasteiger partial charge in [0.1, 0.15) is 5.82 Å². The number of nitrogens with two attached hydrogens (primary N) is 4. The maximum absolute atomic E-state index is 12.9. The summed E-state index contributed by atoms with van der Waals surface area (Å²) in [6.45, 7) is 2.41. The van der Waals surface area contributed by atoms with Crippen LogP contribution in [0.3, 0.4) is 0 Å². The first-order valence-corrected chi connectivity index (χ1v) is 13.4. The van der Waals surface area contributed by atoms with E-state index in [4.69, 9.17) is 46.1 Å². The Morgan fingerprint density at radius 3 is 2.14 bits per heavy atom. The van der Waals surface area contributed by atoms with Crippen molar-refractivity contribution in [2.75, 3.05) is 31.1 Å². The maximum Gasteiger partial charge on any atom is 0.302 e. The van der Waals surface area contributed by atoms with Crippen molar-refractivity contribution in [3.05, 3.63) is 81.3 Å². The van der Waals surface area contributed by atoms with Gasteiger partial charge >= 0.3 is 5.91 Å². The van der Waals surface area contributed by atoms with E-state index in [1.54, 1.807) is 0 Å². The lowest BCUT2D eigenvalue weighted by Crippen LogP contribution is -2.42. The molecule has 0 spiro atoms.